The summed E-state index contributed by atoms with van der Waals surface area (Å²) in [5, 5.41) is 4.15. The van der Waals surface area contributed by atoms with E-state index in [1.54, 1.807) is 0 Å². The van der Waals surface area contributed by atoms with Crippen LogP contribution in [0.5, 0.6) is 0 Å². The maximum Gasteiger partial charge on any atom is 0.407 e. The van der Waals surface area contributed by atoms with Crippen LogP contribution in [0.4, 0.5) is 4.79 Å². The molecule has 0 radical (unpaired) electrons. The van der Waals surface area contributed by atoms with E-state index in [1.165, 1.54) is 23.7 Å². The zero-order valence-corrected chi connectivity index (χ0v) is 23.2. The molecule has 1 atom stereocenters. The molecule has 2 aromatic carbocycles. The lowest BCUT2D eigenvalue weighted by Gasteiger charge is -2.33. The Bertz CT molecular complexity index is 1560. The Kier molecular flexibility index (Phi) is 6.36. The molecule has 1 aliphatic heterocycles. The number of benzene rings is 2. The molecule has 2 aromatic heterocycles. The lowest BCUT2D eigenvalue weighted by molar-refractivity contribution is 0.0452. The van der Waals surface area contributed by atoms with Crippen molar-refractivity contribution in [2.75, 3.05) is 13.1 Å². The van der Waals surface area contributed by atoms with Gasteiger partial charge < -0.3 is 24.1 Å². The standard InChI is InChI=1S/C31H37N5O3/c1-31(2,3)39-30(38)32-23-9-7-15-35(19-23)29(37)22-13-14-26-24(16-22)33-28(34(26)4)27-17-21-8-5-6-10-25(21)36(27)18-20-11-12-20/h5-6,8,10,13-14,16-17,20,23H,7,9,11-12,15,18-19H2,1-4H3,(H,32,38)/t23-/m1/s1. The van der Waals surface area contributed by atoms with Crippen LogP contribution in [-0.4, -0.2) is 55.8 Å². The highest BCUT2D eigenvalue weighted by atomic mass is 16.6. The fourth-order valence-electron chi connectivity index (χ4n) is 5.65. The Hall–Kier alpha value is -3.81. The van der Waals surface area contributed by atoms with E-state index in [0.717, 1.165) is 47.9 Å². The fourth-order valence-corrected chi connectivity index (χ4v) is 5.65. The van der Waals surface area contributed by atoms with Gasteiger partial charge in [0.1, 0.15) is 5.60 Å². The van der Waals surface area contributed by atoms with E-state index in [-0.39, 0.29) is 11.9 Å². The summed E-state index contributed by atoms with van der Waals surface area (Å²) in [6, 6.07) is 16.4. The van der Waals surface area contributed by atoms with E-state index in [1.807, 2.05) is 50.9 Å². The number of rotatable bonds is 5. The molecule has 4 aromatic rings. The first-order valence-electron chi connectivity index (χ1n) is 14.0. The van der Waals surface area contributed by atoms with Crippen LogP contribution < -0.4 is 5.32 Å². The van der Waals surface area contributed by atoms with Gasteiger partial charge in [-0.2, -0.15) is 0 Å². The highest BCUT2D eigenvalue weighted by molar-refractivity contribution is 5.98. The maximum atomic E-state index is 13.5. The Balaban J connectivity index is 1.25. The highest BCUT2D eigenvalue weighted by Crippen LogP contribution is 2.36. The zero-order valence-electron chi connectivity index (χ0n) is 23.2. The van der Waals surface area contributed by atoms with Gasteiger partial charge in [-0.1, -0.05) is 18.2 Å². The van der Waals surface area contributed by atoms with Gasteiger partial charge in [-0.05, 0) is 82.7 Å². The lowest BCUT2D eigenvalue weighted by Crippen LogP contribution is -2.50. The Morgan fingerprint density at radius 3 is 2.62 bits per heavy atom. The second-order valence-corrected chi connectivity index (χ2v) is 12.1. The summed E-state index contributed by atoms with van der Waals surface area (Å²) in [6.07, 6.45) is 3.77. The average Bonchev–Trinajstić information content (AvgIpc) is 3.56. The lowest BCUT2D eigenvalue weighted by atomic mass is 10.0. The van der Waals surface area contributed by atoms with Gasteiger partial charge in [-0.3, -0.25) is 4.79 Å². The van der Waals surface area contributed by atoms with E-state index >= 15 is 0 Å². The number of hydrogen-bond donors (Lipinski definition) is 1. The molecule has 1 saturated heterocycles. The first-order chi connectivity index (χ1) is 18.7. The van der Waals surface area contributed by atoms with Crippen LogP contribution >= 0.6 is 0 Å². The molecule has 6 rings (SSSR count). The monoisotopic (exact) mass is 527 g/mol. The van der Waals surface area contributed by atoms with Crippen molar-refractivity contribution in [2.24, 2.45) is 13.0 Å². The molecule has 3 heterocycles. The molecule has 0 spiro atoms. The summed E-state index contributed by atoms with van der Waals surface area (Å²) in [5.74, 6) is 1.60. The minimum atomic E-state index is -0.558. The van der Waals surface area contributed by atoms with E-state index < -0.39 is 11.7 Å². The summed E-state index contributed by atoms with van der Waals surface area (Å²) in [4.78, 5) is 32.6. The molecular formula is C31H37N5O3. The van der Waals surface area contributed by atoms with Gasteiger partial charge in [0.2, 0.25) is 0 Å². The van der Waals surface area contributed by atoms with Crippen molar-refractivity contribution in [1.82, 2.24) is 24.3 Å². The number of alkyl carbamates (subject to hydrolysis) is 1. The maximum absolute atomic E-state index is 13.5. The summed E-state index contributed by atoms with van der Waals surface area (Å²) < 4.78 is 9.94. The number of aryl methyl sites for hydroxylation is 1. The van der Waals surface area contributed by atoms with E-state index in [0.29, 0.717) is 18.7 Å². The van der Waals surface area contributed by atoms with Crippen molar-refractivity contribution >= 4 is 33.9 Å². The number of aromatic nitrogens is 3. The van der Waals surface area contributed by atoms with Gasteiger partial charge in [0.15, 0.2) is 5.82 Å². The highest BCUT2D eigenvalue weighted by Gasteiger charge is 2.28. The summed E-state index contributed by atoms with van der Waals surface area (Å²) in [5.41, 5.74) is 4.21. The smallest absolute Gasteiger partial charge is 0.407 e. The molecular weight excluding hydrogens is 490 g/mol. The molecule has 8 heteroatoms. The molecule has 1 aliphatic carbocycles. The van der Waals surface area contributed by atoms with Crippen LogP contribution in [0.15, 0.2) is 48.5 Å². The van der Waals surface area contributed by atoms with Crippen LogP contribution in [0.2, 0.25) is 0 Å². The van der Waals surface area contributed by atoms with Gasteiger partial charge >= 0.3 is 6.09 Å². The number of carbonyl (C=O) groups excluding carboxylic acids is 2. The number of carbonyl (C=O) groups is 2. The number of nitrogens with zero attached hydrogens (tertiary/aromatic N) is 4. The molecule has 1 N–H and O–H groups in total. The number of likely N-dealkylation sites (tertiary alicyclic amines) is 1. The number of para-hydroxylation sites is 1. The normalized spacial score (nSPS) is 18.1. The zero-order chi connectivity index (χ0) is 27.3. The Labute approximate surface area is 228 Å². The number of hydrogen-bond acceptors (Lipinski definition) is 4. The number of ether oxygens (including phenoxy) is 1. The molecule has 8 nitrogen and oxygen atoms in total. The van der Waals surface area contributed by atoms with Gasteiger partial charge in [-0.15, -0.1) is 0 Å². The average molecular weight is 528 g/mol. The third-order valence-electron chi connectivity index (χ3n) is 7.73. The van der Waals surface area contributed by atoms with E-state index in [2.05, 4.69) is 44.8 Å². The second kappa shape index (κ2) is 9.74. The van der Waals surface area contributed by atoms with Crippen LogP contribution in [-0.2, 0) is 18.3 Å². The molecule has 0 unspecified atom stereocenters. The number of imidazole rings is 1. The Morgan fingerprint density at radius 1 is 1.05 bits per heavy atom. The number of nitrogens with one attached hydrogen (secondary N) is 1. The van der Waals surface area contributed by atoms with Crippen molar-refractivity contribution < 1.29 is 14.3 Å². The van der Waals surface area contributed by atoms with Crippen LogP contribution in [0.3, 0.4) is 0 Å². The van der Waals surface area contributed by atoms with Gasteiger partial charge in [0.05, 0.1) is 16.7 Å². The number of fused-ring (bicyclic) bond motifs is 2. The molecule has 2 fully saturated rings. The minimum Gasteiger partial charge on any atom is -0.444 e. The second-order valence-electron chi connectivity index (χ2n) is 12.1. The number of piperidine rings is 1. The van der Waals surface area contributed by atoms with E-state index in [9.17, 15) is 9.59 Å². The third kappa shape index (κ3) is 5.24. The van der Waals surface area contributed by atoms with Crippen molar-refractivity contribution in [3.63, 3.8) is 0 Å². The number of amides is 2. The predicted octanol–water partition coefficient (Wildman–Crippen LogP) is 5.73. The van der Waals surface area contributed by atoms with Gasteiger partial charge in [0.25, 0.3) is 5.91 Å². The predicted molar refractivity (Wildman–Crippen MR) is 153 cm³/mol. The molecule has 0 bridgehead atoms. The molecule has 204 valence electrons. The fraction of sp³-hybridized carbons (Fsp3) is 0.452. The molecule has 1 saturated carbocycles. The summed E-state index contributed by atoms with van der Waals surface area (Å²) in [7, 11) is 2.04. The SMILES string of the molecule is Cn1c(-c2cc3ccccc3n2CC2CC2)nc2cc(C(=O)N3CCC[C@@H](NC(=O)OC(C)(C)C)C3)ccc21. The molecule has 39 heavy (non-hydrogen) atoms. The summed E-state index contributed by atoms with van der Waals surface area (Å²) in [6.45, 7) is 7.66. The van der Waals surface area contributed by atoms with Crippen molar-refractivity contribution in [3.05, 3.63) is 54.1 Å². The van der Waals surface area contributed by atoms with Gasteiger partial charge in [-0.25, -0.2) is 9.78 Å². The van der Waals surface area contributed by atoms with Crippen LogP contribution in [0.1, 0.15) is 56.8 Å². The Morgan fingerprint density at radius 2 is 1.85 bits per heavy atom. The van der Waals surface area contributed by atoms with Crippen LogP contribution in [0, 0.1) is 5.92 Å². The minimum absolute atomic E-state index is 0.0392. The summed E-state index contributed by atoms with van der Waals surface area (Å²) >= 11 is 0. The van der Waals surface area contributed by atoms with E-state index in [4.69, 9.17) is 9.72 Å². The van der Waals surface area contributed by atoms with Crippen molar-refractivity contribution in [1.29, 1.82) is 0 Å². The third-order valence-corrected chi connectivity index (χ3v) is 7.73. The largest absolute Gasteiger partial charge is 0.444 e. The first kappa shape index (κ1) is 25.5. The van der Waals surface area contributed by atoms with Gasteiger partial charge in [0, 0.05) is 49.2 Å². The topological polar surface area (TPSA) is 81.4 Å². The molecule has 2 amide bonds. The van der Waals surface area contributed by atoms with Crippen molar-refractivity contribution in [3.8, 4) is 11.5 Å². The molecule has 2 aliphatic rings. The van der Waals surface area contributed by atoms with Crippen molar-refractivity contribution in [2.45, 2.75) is 64.6 Å². The van der Waals surface area contributed by atoms with Crippen LogP contribution in [0.25, 0.3) is 33.5 Å². The first-order valence-corrected chi connectivity index (χ1v) is 14.0. The quantitative estimate of drug-likeness (QED) is 0.359.